The third-order valence-electron chi connectivity index (χ3n) is 6.85. The molecule has 38 heavy (non-hydrogen) atoms. The van der Waals surface area contributed by atoms with Crippen molar-refractivity contribution >= 4 is 27.5 Å². The molecule has 1 saturated carbocycles. The summed E-state index contributed by atoms with van der Waals surface area (Å²) in [6, 6.07) is 13.7. The van der Waals surface area contributed by atoms with Crippen LogP contribution < -0.4 is 19.1 Å². The Morgan fingerprint density at radius 1 is 1.03 bits per heavy atom. The lowest BCUT2D eigenvalue weighted by atomic mass is 10.1. The maximum absolute atomic E-state index is 13.5. The fourth-order valence-corrected chi connectivity index (χ4v) is 5.67. The highest BCUT2D eigenvalue weighted by atomic mass is 32.2. The fraction of sp³-hybridized carbons (Fsp3) is 0.500. The Morgan fingerprint density at radius 2 is 1.66 bits per heavy atom. The number of sulfonamides is 1. The maximum Gasteiger partial charge on any atom is 0.242 e. The second-order valence-corrected chi connectivity index (χ2v) is 11.6. The van der Waals surface area contributed by atoms with Gasteiger partial charge in [-0.1, -0.05) is 31.0 Å². The quantitative estimate of drug-likeness (QED) is 0.411. The number of amides is 2. The molecule has 0 saturated heterocycles. The fourth-order valence-electron chi connectivity index (χ4n) is 4.71. The molecule has 1 aliphatic carbocycles. The molecule has 0 bridgehead atoms. The number of nitrogens with one attached hydrogen (secondary N) is 1. The molecule has 208 valence electrons. The molecule has 1 atom stereocenters. The summed E-state index contributed by atoms with van der Waals surface area (Å²) in [5.41, 5.74) is 1.31. The minimum absolute atomic E-state index is 0.0843. The van der Waals surface area contributed by atoms with Crippen molar-refractivity contribution in [2.75, 3.05) is 31.3 Å². The van der Waals surface area contributed by atoms with Crippen LogP contribution in [0.5, 0.6) is 11.5 Å². The molecular formula is C28H39N3O6S. The van der Waals surface area contributed by atoms with Crippen LogP contribution in [-0.2, 0) is 26.2 Å². The number of rotatable bonds is 13. The molecule has 0 spiro atoms. The normalized spacial score (nSPS) is 14.5. The van der Waals surface area contributed by atoms with Gasteiger partial charge in [0.05, 0.1) is 26.2 Å². The third-order valence-corrected chi connectivity index (χ3v) is 8.04. The van der Waals surface area contributed by atoms with Crippen molar-refractivity contribution in [3.63, 3.8) is 0 Å². The Balaban J connectivity index is 1.74. The van der Waals surface area contributed by atoms with Crippen LogP contribution in [0.2, 0.25) is 0 Å². The Labute approximate surface area is 226 Å². The van der Waals surface area contributed by atoms with Crippen molar-refractivity contribution in [2.45, 2.75) is 64.1 Å². The highest BCUT2D eigenvalue weighted by molar-refractivity contribution is 7.92. The number of carbonyl (C=O) groups is 2. The van der Waals surface area contributed by atoms with Crippen LogP contribution in [0, 0.1) is 0 Å². The molecule has 0 aliphatic heterocycles. The zero-order valence-electron chi connectivity index (χ0n) is 22.7. The average Bonchev–Trinajstić information content (AvgIpc) is 3.41. The van der Waals surface area contributed by atoms with Crippen molar-refractivity contribution in [2.24, 2.45) is 0 Å². The van der Waals surface area contributed by atoms with E-state index in [1.165, 1.54) is 11.4 Å². The Kier molecular flexibility index (Phi) is 10.4. The van der Waals surface area contributed by atoms with Gasteiger partial charge in [-0.15, -0.1) is 0 Å². The number of methoxy groups -OCH3 is 2. The number of hydrogen-bond donors (Lipinski definition) is 1. The van der Waals surface area contributed by atoms with E-state index in [4.69, 9.17) is 9.47 Å². The zero-order valence-corrected chi connectivity index (χ0v) is 23.5. The van der Waals surface area contributed by atoms with Gasteiger partial charge in [0.25, 0.3) is 0 Å². The number of anilines is 1. The number of nitrogens with zero attached hydrogens (tertiary/aromatic N) is 2. The van der Waals surface area contributed by atoms with Gasteiger partial charge in [0.15, 0.2) is 0 Å². The van der Waals surface area contributed by atoms with Crippen LogP contribution in [0.1, 0.15) is 51.0 Å². The molecule has 2 amide bonds. The van der Waals surface area contributed by atoms with E-state index in [0.29, 0.717) is 17.2 Å². The first kappa shape index (κ1) is 29.3. The lowest BCUT2D eigenvalue weighted by molar-refractivity contribution is -0.141. The highest BCUT2D eigenvalue weighted by Gasteiger charge is 2.29. The third kappa shape index (κ3) is 8.11. The molecule has 1 N–H and O–H groups in total. The second-order valence-electron chi connectivity index (χ2n) is 9.68. The number of ether oxygens (including phenoxy) is 2. The second kappa shape index (κ2) is 13.5. The van der Waals surface area contributed by atoms with Gasteiger partial charge in [-0.05, 0) is 56.0 Å². The standard InChI is InChI=1S/C28H39N3O6S/c1-21(28(33)29-23-11-5-6-12-23)30(20-22-10-7-14-25(18-22)36-2)27(32)16-9-17-31(38(4,34)35)24-13-8-15-26(19-24)37-3/h7-8,10,13-15,18-19,21,23H,5-6,9,11-12,16-17,20H2,1-4H3,(H,29,33). The molecule has 9 nitrogen and oxygen atoms in total. The van der Waals surface area contributed by atoms with Crippen LogP contribution in [-0.4, -0.2) is 64.2 Å². The number of hydrogen-bond acceptors (Lipinski definition) is 6. The Morgan fingerprint density at radius 3 is 2.29 bits per heavy atom. The van der Waals surface area contributed by atoms with Crippen LogP contribution in [0.25, 0.3) is 0 Å². The first-order valence-electron chi connectivity index (χ1n) is 13.0. The van der Waals surface area contributed by atoms with Gasteiger partial charge >= 0.3 is 0 Å². The summed E-state index contributed by atoms with van der Waals surface area (Å²) in [7, 11) is -0.489. The zero-order chi connectivity index (χ0) is 27.7. The van der Waals surface area contributed by atoms with E-state index >= 15 is 0 Å². The summed E-state index contributed by atoms with van der Waals surface area (Å²) < 4.78 is 36.9. The molecule has 2 aromatic carbocycles. The van der Waals surface area contributed by atoms with Gasteiger partial charge in [0.1, 0.15) is 17.5 Å². The van der Waals surface area contributed by atoms with Gasteiger partial charge in [0, 0.05) is 31.6 Å². The van der Waals surface area contributed by atoms with E-state index in [1.807, 2.05) is 24.3 Å². The molecule has 0 radical (unpaired) electrons. The molecule has 0 heterocycles. The van der Waals surface area contributed by atoms with Crippen LogP contribution in [0.3, 0.4) is 0 Å². The molecule has 3 rings (SSSR count). The SMILES string of the molecule is COc1cccc(CN(C(=O)CCCN(c2cccc(OC)c2)S(C)(=O)=O)C(C)C(=O)NC2CCCC2)c1. The lowest BCUT2D eigenvalue weighted by Gasteiger charge is -2.30. The van der Waals surface area contributed by atoms with Gasteiger partial charge < -0.3 is 19.7 Å². The van der Waals surface area contributed by atoms with Crippen molar-refractivity contribution in [1.29, 1.82) is 0 Å². The molecule has 0 aromatic heterocycles. The van der Waals surface area contributed by atoms with Crippen LogP contribution in [0.4, 0.5) is 5.69 Å². The predicted octanol–water partition coefficient (Wildman–Crippen LogP) is 3.73. The monoisotopic (exact) mass is 545 g/mol. The Bertz CT molecular complexity index is 1200. The van der Waals surface area contributed by atoms with Crippen molar-refractivity contribution in [1.82, 2.24) is 10.2 Å². The topological polar surface area (TPSA) is 105 Å². The Hall–Kier alpha value is -3.27. The highest BCUT2D eigenvalue weighted by Crippen LogP contribution is 2.24. The molecule has 10 heteroatoms. The minimum Gasteiger partial charge on any atom is -0.497 e. The maximum atomic E-state index is 13.5. The first-order chi connectivity index (χ1) is 18.1. The summed E-state index contributed by atoms with van der Waals surface area (Å²) in [6.45, 7) is 2.09. The predicted molar refractivity (Wildman–Crippen MR) is 148 cm³/mol. The van der Waals surface area contributed by atoms with Crippen LogP contribution in [0.15, 0.2) is 48.5 Å². The molecule has 2 aromatic rings. The van der Waals surface area contributed by atoms with Crippen molar-refractivity contribution in [3.05, 3.63) is 54.1 Å². The lowest BCUT2D eigenvalue weighted by Crippen LogP contribution is -2.49. The van der Waals surface area contributed by atoms with E-state index in [9.17, 15) is 18.0 Å². The summed E-state index contributed by atoms with van der Waals surface area (Å²) in [4.78, 5) is 28.1. The largest absolute Gasteiger partial charge is 0.497 e. The van der Waals surface area contributed by atoms with Gasteiger partial charge in [0.2, 0.25) is 21.8 Å². The van der Waals surface area contributed by atoms with E-state index in [-0.39, 0.29) is 43.8 Å². The van der Waals surface area contributed by atoms with Gasteiger partial charge in [-0.2, -0.15) is 0 Å². The smallest absolute Gasteiger partial charge is 0.242 e. The number of carbonyl (C=O) groups excluding carboxylic acids is 2. The van der Waals surface area contributed by atoms with Crippen molar-refractivity contribution in [3.8, 4) is 11.5 Å². The summed E-state index contributed by atoms with van der Waals surface area (Å²) in [5.74, 6) is 0.808. The molecular weight excluding hydrogens is 506 g/mol. The first-order valence-corrected chi connectivity index (χ1v) is 14.8. The van der Waals surface area contributed by atoms with E-state index in [0.717, 1.165) is 37.5 Å². The van der Waals surface area contributed by atoms with Crippen LogP contribution >= 0.6 is 0 Å². The molecule has 1 fully saturated rings. The minimum atomic E-state index is -3.59. The summed E-state index contributed by atoms with van der Waals surface area (Å²) >= 11 is 0. The van der Waals surface area contributed by atoms with E-state index < -0.39 is 16.1 Å². The van der Waals surface area contributed by atoms with Gasteiger partial charge in [-0.3, -0.25) is 13.9 Å². The van der Waals surface area contributed by atoms with E-state index in [2.05, 4.69) is 5.32 Å². The summed E-state index contributed by atoms with van der Waals surface area (Å²) in [5, 5.41) is 3.09. The summed E-state index contributed by atoms with van der Waals surface area (Å²) in [6.07, 6.45) is 5.60. The average molecular weight is 546 g/mol. The van der Waals surface area contributed by atoms with Crippen molar-refractivity contribution < 1.29 is 27.5 Å². The molecule has 1 aliphatic rings. The van der Waals surface area contributed by atoms with Gasteiger partial charge in [-0.25, -0.2) is 8.42 Å². The molecule has 1 unspecified atom stereocenters. The number of benzene rings is 2. The van der Waals surface area contributed by atoms with E-state index in [1.54, 1.807) is 43.2 Å².